The third-order valence-electron chi connectivity index (χ3n) is 2.73. The molecule has 23 heavy (non-hydrogen) atoms. The average Bonchev–Trinajstić information content (AvgIpc) is 2.47. The highest BCUT2D eigenvalue weighted by molar-refractivity contribution is 5.82. The number of benzene rings is 1. The predicted molar refractivity (Wildman–Crippen MR) is 85.1 cm³/mol. The van der Waals surface area contributed by atoms with Crippen LogP contribution >= 0.6 is 0 Å². The van der Waals surface area contributed by atoms with E-state index in [4.69, 9.17) is 4.74 Å². The quantitative estimate of drug-likeness (QED) is 0.476. The largest absolute Gasteiger partial charge is 0.487 e. The highest BCUT2D eigenvalue weighted by atomic mass is 16.6. The van der Waals surface area contributed by atoms with Gasteiger partial charge in [-0.3, -0.25) is 19.9 Å². The molecule has 1 heterocycles. The first-order chi connectivity index (χ1) is 11.0. The van der Waals surface area contributed by atoms with E-state index in [0.717, 1.165) is 0 Å². The molecule has 9 heteroatoms. The van der Waals surface area contributed by atoms with Gasteiger partial charge in [0.1, 0.15) is 0 Å². The van der Waals surface area contributed by atoms with Crippen molar-refractivity contribution in [2.75, 3.05) is 12.0 Å². The van der Waals surface area contributed by atoms with Crippen molar-refractivity contribution in [1.82, 2.24) is 9.97 Å². The molecule has 0 aliphatic rings. The van der Waals surface area contributed by atoms with Gasteiger partial charge in [0.05, 0.1) is 17.7 Å². The summed E-state index contributed by atoms with van der Waals surface area (Å²) in [5.41, 5.74) is 3.17. The normalized spacial score (nSPS) is 10.7. The molecule has 9 nitrogen and oxygen atoms in total. The van der Waals surface area contributed by atoms with E-state index in [2.05, 4.69) is 20.5 Å². The standard InChI is InChI=1S/C14H15N5O4/c1-3-23-12-5-4-10(7-11(12)19(21)22)8-15-18-14-16-9(2)6-13(20)17-14/h4-8H,3H2,1-2H3,(H2,16,17,18,20)/b15-8-. The number of aryl methyl sites for hydroxylation is 1. The fraction of sp³-hybridized carbons (Fsp3) is 0.214. The molecule has 0 atom stereocenters. The van der Waals surface area contributed by atoms with E-state index >= 15 is 0 Å². The lowest BCUT2D eigenvalue weighted by molar-refractivity contribution is -0.385. The minimum Gasteiger partial charge on any atom is -0.487 e. The first-order valence-corrected chi connectivity index (χ1v) is 6.78. The molecular formula is C14H15N5O4. The number of aromatic amines is 1. The van der Waals surface area contributed by atoms with Gasteiger partial charge >= 0.3 is 5.69 Å². The molecule has 120 valence electrons. The van der Waals surface area contributed by atoms with Gasteiger partial charge in [-0.15, -0.1) is 0 Å². The van der Waals surface area contributed by atoms with Crippen molar-refractivity contribution in [3.05, 3.63) is 56.0 Å². The third kappa shape index (κ3) is 4.37. The Bertz CT molecular complexity index is 800. The Morgan fingerprint density at radius 1 is 1.48 bits per heavy atom. The number of hydrogen-bond acceptors (Lipinski definition) is 7. The average molecular weight is 317 g/mol. The van der Waals surface area contributed by atoms with Crippen LogP contribution in [-0.4, -0.2) is 27.7 Å². The predicted octanol–water partition coefficient (Wildman–Crippen LogP) is 1.83. The molecule has 2 N–H and O–H groups in total. The second kappa shape index (κ2) is 7.16. The summed E-state index contributed by atoms with van der Waals surface area (Å²) in [7, 11) is 0. The molecule has 0 fully saturated rings. The fourth-order valence-electron chi connectivity index (χ4n) is 1.83. The number of nitro benzene ring substituents is 1. The lowest BCUT2D eigenvalue weighted by Gasteiger charge is -2.04. The molecular weight excluding hydrogens is 302 g/mol. The van der Waals surface area contributed by atoms with Gasteiger partial charge < -0.3 is 4.74 Å². The smallest absolute Gasteiger partial charge is 0.311 e. The molecule has 0 saturated heterocycles. The number of H-pyrrole nitrogens is 1. The Hall–Kier alpha value is -3.23. The van der Waals surface area contributed by atoms with Gasteiger partial charge in [-0.25, -0.2) is 10.4 Å². The summed E-state index contributed by atoms with van der Waals surface area (Å²) in [5, 5.41) is 14.9. The zero-order chi connectivity index (χ0) is 16.8. The summed E-state index contributed by atoms with van der Waals surface area (Å²) in [6.07, 6.45) is 1.38. The van der Waals surface area contributed by atoms with Gasteiger partial charge in [-0.1, -0.05) is 0 Å². The minimum atomic E-state index is -0.518. The van der Waals surface area contributed by atoms with Crippen LogP contribution in [0.2, 0.25) is 0 Å². The van der Waals surface area contributed by atoms with Crippen molar-refractivity contribution in [1.29, 1.82) is 0 Å². The second-order valence-corrected chi connectivity index (χ2v) is 4.52. The number of aromatic nitrogens is 2. The highest BCUT2D eigenvalue weighted by Crippen LogP contribution is 2.27. The summed E-state index contributed by atoms with van der Waals surface area (Å²) in [6, 6.07) is 5.85. The molecule has 0 bridgehead atoms. The van der Waals surface area contributed by atoms with E-state index in [0.29, 0.717) is 17.9 Å². The van der Waals surface area contributed by atoms with Crippen molar-refractivity contribution in [3.8, 4) is 5.75 Å². The zero-order valence-electron chi connectivity index (χ0n) is 12.6. The highest BCUT2D eigenvalue weighted by Gasteiger charge is 2.15. The number of hydrazone groups is 1. The van der Waals surface area contributed by atoms with Crippen molar-refractivity contribution in [2.24, 2.45) is 5.10 Å². The topological polar surface area (TPSA) is 123 Å². The van der Waals surface area contributed by atoms with Crippen LogP contribution in [0.1, 0.15) is 18.2 Å². The Morgan fingerprint density at radius 3 is 2.91 bits per heavy atom. The van der Waals surface area contributed by atoms with Crippen LogP contribution in [0, 0.1) is 17.0 Å². The summed E-state index contributed by atoms with van der Waals surface area (Å²) >= 11 is 0. The molecule has 0 radical (unpaired) electrons. The van der Waals surface area contributed by atoms with Gasteiger partial charge in [0.25, 0.3) is 5.56 Å². The van der Waals surface area contributed by atoms with Crippen LogP contribution in [0.5, 0.6) is 5.75 Å². The third-order valence-corrected chi connectivity index (χ3v) is 2.73. The zero-order valence-corrected chi connectivity index (χ0v) is 12.6. The van der Waals surface area contributed by atoms with E-state index in [1.165, 1.54) is 24.4 Å². The summed E-state index contributed by atoms with van der Waals surface area (Å²) in [4.78, 5) is 28.3. The number of nitrogens with zero attached hydrogens (tertiary/aromatic N) is 3. The number of nitro groups is 1. The molecule has 2 aromatic rings. The van der Waals surface area contributed by atoms with Gasteiger partial charge in [-0.05, 0) is 26.0 Å². The SMILES string of the molecule is CCOc1ccc(/C=N\Nc2nc(C)cc(=O)[nH]2)cc1[N+](=O)[O-]. The number of rotatable bonds is 6. The lowest BCUT2D eigenvalue weighted by Crippen LogP contribution is -2.10. The van der Waals surface area contributed by atoms with E-state index in [1.807, 2.05) is 0 Å². The van der Waals surface area contributed by atoms with E-state index in [-0.39, 0.29) is 22.9 Å². The summed E-state index contributed by atoms with van der Waals surface area (Å²) < 4.78 is 5.20. The van der Waals surface area contributed by atoms with Crippen LogP contribution < -0.4 is 15.7 Å². The van der Waals surface area contributed by atoms with Crippen LogP contribution in [0.25, 0.3) is 0 Å². The molecule has 0 aliphatic heterocycles. The fourth-order valence-corrected chi connectivity index (χ4v) is 1.83. The van der Waals surface area contributed by atoms with Gasteiger partial charge in [0, 0.05) is 23.4 Å². The van der Waals surface area contributed by atoms with Crippen molar-refractivity contribution in [2.45, 2.75) is 13.8 Å². The monoisotopic (exact) mass is 317 g/mol. The van der Waals surface area contributed by atoms with Gasteiger partial charge in [-0.2, -0.15) is 5.10 Å². The van der Waals surface area contributed by atoms with Gasteiger partial charge in [0.15, 0.2) is 5.75 Å². The molecule has 0 unspecified atom stereocenters. The van der Waals surface area contributed by atoms with Gasteiger partial charge in [0.2, 0.25) is 5.95 Å². The Morgan fingerprint density at radius 2 is 2.26 bits per heavy atom. The maximum atomic E-state index is 11.3. The summed E-state index contributed by atoms with van der Waals surface area (Å²) in [6.45, 7) is 3.76. The van der Waals surface area contributed by atoms with Crippen LogP contribution in [0.15, 0.2) is 34.2 Å². The second-order valence-electron chi connectivity index (χ2n) is 4.52. The first-order valence-electron chi connectivity index (χ1n) is 6.78. The molecule has 0 aliphatic carbocycles. The van der Waals surface area contributed by atoms with Crippen molar-refractivity contribution < 1.29 is 9.66 Å². The molecule has 1 aromatic heterocycles. The Balaban J connectivity index is 2.17. The van der Waals surface area contributed by atoms with E-state index in [9.17, 15) is 14.9 Å². The molecule has 0 saturated carbocycles. The molecule has 2 rings (SSSR count). The molecule has 0 spiro atoms. The maximum Gasteiger partial charge on any atom is 0.311 e. The van der Waals surface area contributed by atoms with E-state index < -0.39 is 4.92 Å². The first kappa shape index (κ1) is 16.1. The minimum absolute atomic E-state index is 0.141. The Kier molecular flexibility index (Phi) is 5.03. The van der Waals surface area contributed by atoms with E-state index in [1.54, 1.807) is 19.9 Å². The molecule has 0 amide bonds. The van der Waals surface area contributed by atoms with Crippen molar-refractivity contribution in [3.63, 3.8) is 0 Å². The summed E-state index contributed by atoms with van der Waals surface area (Å²) in [5.74, 6) is 0.388. The maximum absolute atomic E-state index is 11.3. The van der Waals surface area contributed by atoms with Crippen LogP contribution in [0.3, 0.4) is 0 Å². The Labute approximate surface area is 131 Å². The van der Waals surface area contributed by atoms with Crippen LogP contribution in [0.4, 0.5) is 11.6 Å². The molecule has 1 aromatic carbocycles. The lowest BCUT2D eigenvalue weighted by atomic mass is 10.2. The number of nitrogens with one attached hydrogen (secondary N) is 2. The van der Waals surface area contributed by atoms with Crippen LogP contribution in [-0.2, 0) is 0 Å². The van der Waals surface area contributed by atoms with Crippen molar-refractivity contribution >= 4 is 17.9 Å². The number of ether oxygens (including phenoxy) is 1. The number of anilines is 1. The number of hydrogen-bond donors (Lipinski definition) is 2.